The number of carbonyl (C=O) groups is 1. The van der Waals surface area contributed by atoms with Crippen LogP contribution in [0.15, 0.2) is 24.4 Å². The van der Waals surface area contributed by atoms with E-state index in [-0.39, 0.29) is 24.5 Å². The molecular weight excluding hydrogens is 370 g/mol. The predicted octanol–water partition coefficient (Wildman–Crippen LogP) is 2.19. The molecule has 1 amide bonds. The maximum absolute atomic E-state index is 11.6. The largest absolute Gasteiger partial charge is 0.474 e. The standard InChI is InChI=1S/C21H25N5O3/c22-8-7-20(27)24-15-3-5-16(6-4-15)29-21-17-2-1-9-23-18(17)14-19(25-21)26-10-12-28-13-11-26/h1-2,9,14-16H,3-7,10-13H2,(H,24,27). The smallest absolute Gasteiger partial charge is 0.234 e. The van der Waals surface area contributed by atoms with Crippen molar-refractivity contribution in [3.05, 3.63) is 24.4 Å². The highest BCUT2D eigenvalue weighted by Crippen LogP contribution is 2.30. The molecule has 1 aliphatic heterocycles. The van der Waals surface area contributed by atoms with Gasteiger partial charge in [0.25, 0.3) is 0 Å². The van der Waals surface area contributed by atoms with Gasteiger partial charge in [0.05, 0.1) is 30.2 Å². The average molecular weight is 395 g/mol. The summed E-state index contributed by atoms with van der Waals surface area (Å²) in [6.07, 6.45) is 5.08. The van der Waals surface area contributed by atoms with Gasteiger partial charge in [-0.2, -0.15) is 10.2 Å². The van der Waals surface area contributed by atoms with Crippen LogP contribution in [0.2, 0.25) is 0 Å². The number of hydrogen-bond acceptors (Lipinski definition) is 7. The molecule has 0 aromatic carbocycles. The molecule has 8 heteroatoms. The average Bonchev–Trinajstić information content (AvgIpc) is 2.76. The van der Waals surface area contributed by atoms with E-state index in [2.05, 4.69) is 15.2 Å². The van der Waals surface area contributed by atoms with Crippen LogP contribution in [-0.2, 0) is 9.53 Å². The number of nitrogens with one attached hydrogen (secondary N) is 1. The van der Waals surface area contributed by atoms with Crippen LogP contribution in [0.3, 0.4) is 0 Å². The van der Waals surface area contributed by atoms with Crippen molar-refractivity contribution in [2.75, 3.05) is 31.2 Å². The second kappa shape index (κ2) is 9.05. The van der Waals surface area contributed by atoms with Crippen LogP contribution < -0.4 is 15.0 Å². The number of nitriles is 1. The lowest BCUT2D eigenvalue weighted by Gasteiger charge is -2.30. The zero-order valence-electron chi connectivity index (χ0n) is 16.3. The first-order valence-corrected chi connectivity index (χ1v) is 10.1. The molecule has 1 N–H and O–H groups in total. The maximum atomic E-state index is 11.6. The number of amides is 1. The minimum atomic E-state index is -0.200. The number of pyridine rings is 2. The van der Waals surface area contributed by atoms with Gasteiger partial charge in [-0.25, -0.2) is 0 Å². The Balaban J connectivity index is 1.46. The van der Waals surface area contributed by atoms with Crippen molar-refractivity contribution in [1.82, 2.24) is 15.3 Å². The molecule has 2 aliphatic rings. The van der Waals surface area contributed by atoms with Crippen molar-refractivity contribution in [3.63, 3.8) is 0 Å². The highest BCUT2D eigenvalue weighted by molar-refractivity contribution is 5.85. The van der Waals surface area contributed by atoms with E-state index in [1.807, 2.05) is 24.3 Å². The van der Waals surface area contributed by atoms with Gasteiger partial charge in [-0.05, 0) is 37.8 Å². The molecule has 0 spiro atoms. The first-order chi connectivity index (χ1) is 14.2. The summed E-state index contributed by atoms with van der Waals surface area (Å²) in [7, 11) is 0. The second-order valence-corrected chi connectivity index (χ2v) is 7.45. The predicted molar refractivity (Wildman–Crippen MR) is 108 cm³/mol. The van der Waals surface area contributed by atoms with Crippen LogP contribution in [0.1, 0.15) is 32.1 Å². The van der Waals surface area contributed by atoms with Crippen LogP contribution in [0.5, 0.6) is 5.88 Å². The van der Waals surface area contributed by atoms with Crippen LogP contribution in [0.4, 0.5) is 5.82 Å². The van der Waals surface area contributed by atoms with E-state index in [4.69, 9.17) is 19.7 Å². The monoisotopic (exact) mass is 395 g/mol. The molecule has 1 saturated carbocycles. The Morgan fingerprint density at radius 1 is 1.31 bits per heavy atom. The van der Waals surface area contributed by atoms with E-state index in [0.717, 1.165) is 55.5 Å². The SMILES string of the molecule is N#CCC(=O)NC1CCC(Oc2nc(N3CCOCC3)cc3ncccc23)CC1. The van der Waals surface area contributed by atoms with Gasteiger partial charge in [0.2, 0.25) is 11.8 Å². The molecule has 0 bridgehead atoms. The Hall–Kier alpha value is -2.92. The summed E-state index contributed by atoms with van der Waals surface area (Å²) in [6, 6.07) is 7.89. The Kier molecular flexibility index (Phi) is 6.06. The summed E-state index contributed by atoms with van der Waals surface area (Å²) in [4.78, 5) is 23.1. The van der Waals surface area contributed by atoms with E-state index in [0.29, 0.717) is 19.1 Å². The fourth-order valence-electron chi connectivity index (χ4n) is 3.91. The third-order valence-corrected chi connectivity index (χ3v) is 5.44. The van der Waals surface area contributed by atoms with Crippen molar-refractivity contribution >= 4 is 22.6 Å². The molecule has 3 heterocycles. The molecule has 2 aromatic heterocycles. The molecule has 1 saturated heterocycles. The molecule has 0 atom stereocenters. The number of fused-ring (bicyclic) bond motifs is 1. The molecule has 29 heavy (non-hydrogen) atoms. The zero-order valence-corrected chi connectivity index (χ0v) is 16.3. The first kappa shape index (κ1) is 19.4. The number of carbonyl (C=O) groups excluding carboxylic acids is 1. The summed E-state index contributed by atoms with van der Waals surface area (Å²) >= 11 is 0. The van der Waals surface area contributed by atoms with Gasteiger partial charge >= 0.3 is 0 Å². The molecule has 1 aliphatic carbocycles. The van der Waals surface area contributed by atoms with Crippen molar-refractivity contribution < 1.29 is 14.3 Å². The number of anilines is 1. The molecule has 2 aromatic rings. The van der Waals surface area contributed by atoms with Gasteiger partial charge in [0.1, 0.15) is 18.3 Å². The van der Waals surface area contributed by atoms with E-state index in [1.54, 1.807) is 6.20 Å². The van der Waals surface area contributed by atoms with Gasteiger partial charge in [0, 0.05) is 31.4 Å². The van der Waals surface area contributed by atoms with E-state index in [1.165, 1.54) is 0 Å². The molecule has 0 radical (unpaired) electrons. The fourth-order valence-corrected chi connectivity index (χ4v) is 3.91. The summed E-state index contributed by atoms with van der Waals surface area (Å²) in [5, 5.41) is 12.5. The highest BCUT2D eigenvalue weighted by Gasteiger charge is 2.25. The minimum Gasteiger partial charge on any atom is -0.474 e. The summed E-state index contributed by atoms with van der Waals surface area (Å²) in [5.41, 5.74) is 0.872. The third-order valence-electron chi connectivity index (χ3n) is 5.44. The lowest BCUT2D eigenvalue weighted by atomic mass is 9.93. The normalized spacial score (nSPS) is 22.1. The quantitative estimate of drug-likeness (QED) is 0.828. The van der Waals surface area contributed by atoms with Crippen molar-refractivity contribution in [2.45, 2.75) is 44.2 Å². The minimum absolute atomic E-state index is 0.0509. The van der Waals surface area contributed by atoms with Crippen LogP contribution >= 0.6 is 0 Å². The maximum Gasteiger partial charge on any atom is 0.234 e. The Morgan fingerprint density at radius 2 is 2.10 bits per heavy atom. The molecular formula is C21H25N5O3. The Morgan fingerprint density at radius 3 is 2.86 bits per heavy atom. The topological polar surface area (TPSA) is 100 Å². The van der Waals surface area contributed by atoms with Gasteiger partial charge in [-0.1, -0.05) is 0 Å². The lowest BCUT2D eigenvalue weighted by Crippen LogP contribution is -2.39. The highest BCUT2D eigenvalue weighted by atomic mass is 16.5. The Labute approximate surface area is 169 Å². The molecule has 152 valence electrons. The summed E-state index contributed by atoms with van der Waals surface area (Å²) in [5.74, 6) is 1.29. The number of morpholine rings is 1. The number of aromatic nitrogens is 2. The number of ether oxygens (including phenoxy) is 2. The van der Waals surface area contributed by atoms with Gasteiger partial charge < -0.3 is 19.7 Å². The van der Waals surface area contributed by atoms with Crippen LogP contribution in [0.25, 0.3) is 10.9 Å². The third kappa shape index (κ3) is 4.74. The van der Waals surface area contributed by atoms with Crippen molar-refractivity contribution in [2.24, 2.45) is 0 Å². The summed E-state index contributed by atoms with van der Waals surface area (Å²) in [6.45, 7) is 3.00. The van der Waals surface area contributed by atoms with Crippen molar-refractivity contribution in [1.29, 1.82) is 5.26 Å². The van der Waals surface area contributed by atoms with Gasteiger partial charge in [-0.15, -0.1) is 0 Å². The van der Waals surface area contributed by atoms with E-state index < -0.39 is 0 Å². The van der Waals surface area contributed by atoms with Crippen molar-refractivity contribution in [3.8, 4) is 11.9 Å². The van der Waals surface area contributed by atoms with Crippen LogP contribution in [0, 0.1) is 11.3 Å². The van der Waals surface area contributed by atoms with Crippen LogP contribution in [-0.4, -0.2) is 54.3 Å². The molecule has 2 fully saturated rings. The molecule has 4 rings (SSSR count). The van der Waals surface area contributed by atoms with Gasteiger partial charge in [-0.3, -0.25) is 9.78 Å². The van der Waals surface area contributed by atoms with Gasteiger partial charge in [0.15, 0.2) is 0 Å². The first-order valence-electron chi connectivity index (χ1n) is 10.1. The number of hydrogen-bond donors (Lipinski definition) is 1. The fraction of sp³-hybridized carbons (Fsp3) is 0.524. The number of rotatable bonds is 5. The Bertz CT molecular complexity index is 899. The van der Waals surface area contributed by atoms with E-state index >= 15 is 0 Å². The zero-order chi connectivity index (χ0) is 20.1. The molecule has 0 unspecified atom stereocenters. The number of nitrogens with zero attached hydrogens (tertiary/aromatic N) is 4. The summed E-state index contributed by atoms with van der Waals surface area (Å²) < 4.78 is 11.8. The molecule has 8 nitrogen and oxygen atoms in total. The van der Waals surface area contributed by atoms with E-state index in [9.17, 15) is 4.79 Å². The second-order valence-electron chi connectivity index (χ2n) is 7.45. The lowest BCUT2D eigenvalue weighted by molar-refractivity contribution is -0.121.